The van der Waals surface area contributed by atoms with Crippen molar-refractivity contribution in [2.24, 2.45) is 11.8 Å². The number of para-hydroxylation sites is 1. The van der Waals surface area contributed by atoms with Crippen molar-refractivity contribution in [3.8, 4) is 0 Å². The second kappa shape index (κ2) is 8.81. The molecule has 0 atom stereocenters. The number of pyridine rings is 1. The van der Waals surface area contributed by atoms with Crippen LogP contribution in [0.15, 0.2) is 48.8 Å². The molecular formula is C20H22ClN3O2. The molecule has 5 nitrogen and oxygen atoms in total. The maximum absolute atomic E-state index is 12.4. The van der Waals surface area contributed by atoms with Crippen LogP contribution in [0.1, 0.15) is 31.2 Å². The maximum atomic E-state index is 12.4. The summed E-state index contributed by atoms with van der Waals surface area (Å²) in [7, 11) is 0. The number of hydrogen-bond acceptors (Lipinski definition) is 3. The Hall–Kier alpha value is -2.40. The highest BCUT2D eigenvalue weighted by Gasteiger charge is 2.30. The molecule has 1 aliphatic carbocycles. The van der Waals surface area contributed by atoms with Gasteiger partial charge in [-0.2, -0.15) is 0 Å². The van der Waals surface area contributed by atoms with Crippen LogP contribution >= 0.6 is 11.6 Å². The van der Waals surface area contributed by atoms with Gasteiger partial charge in [0.15, 0.2) is 0 Å². The van der Waals surface area contributed by atoms with Crippen molar-refractivity contribution in [2.75, 3.05) is 5.32 Å². The van der Waals surface area contributed by atoms with E-state index < -0.39 is 0 Å². The van der Waals surface area contributed by atoms with Crippen LogP contribution in [0.4, 0.5) is 5.69 Å². The highest BCUT2D eigenvalue weighted by molar-refractivity contribution is 6.33. The van der Waals surface area contributed by atoms with Crippen molar-refractivity contribution in [3.63, 3.8) is 0 Å². The van der Waals surface area contributed by atoms with Gasteiger partial charge in [0.05, 0.1) is 10.7 Å². The summed E-state index contributed by atoms with van der Waals surface area (Å²) in [6.07, 6.45) is 6.32. The molecule has 3 rings (SSSR count). The Morgan fingerprint density at radius 3 is 2.35 bits per heavy atom. The maximum Gasteiger partial charge on any atom is 0.227 e. The van der Waals surface area contributed by atoms with E-state index in [1.807, 2.05) is 24.3 Å². The van der Waals surface area contributed by atoms with E-state index in [-0.39, 0.29) is 23.7 Å². The van der Waals surface area contributed by atoms with Crippen LogP contribution in [0.2, 0.25) is 5.02 Å². The first-order valence-corrected chi connectivity index (χ1v) is 9.23. The summed E-state index contributed by atoms with van der Waals surface area (Å²) in [6.45, 7) is 0.486. The normalized spacial score (nSPS) is 19.6. The first kappa shape index (κ1) is 18.4. The van der Waals surface area contributed by atoms with Gasteiger partial charge in [0, 0.05) is 30.8 Å². The average Bonchev–Trinajstić information content (AvgIpc) is 2.69. The van der Waals surface area contributed by atoms with Gasteiger partial charge in [0.25, 0.3) is 0 Å². The minimum Gasteiger partial charge on any atom is -0.352 e. The predicted molar refractivity (Wildman–Crippen MR) is 102 cm³/mol. The van der Waals surface area contributed by atoms with Crippen LogP contribution in [0.3, 0.4) is 0 Å². The molecule has 0 spiro atoms. The predicted octanol–water partition coefficient (Wildman–Crippen LogP) is 3.80. The van der Waals surface area contributed by atoms with Gasteiger partial charge in [0.2, 0.25) is 11.8 Å². The second-order valence-electron chi connectivity index (χ2n) is 6.60. The van der Waals surface area contributed by atoms with Gasteiger partial charge in [-0.15, -0.1) is 0 Å². The molecule has 1 heterocycles. The van der Waals surface area contributed by atoms with Gasteiger partial charge in [-0.05, 0) is 49.4 Å². The minimum absolute atomic E-state index is 0.0210. The molecule has 2 N–H and O–H groups in total. The Bertz CT molecular complexity index is 759. The van der Waals surface area contributed by atoms with E-state index >= 15 is 0 Å². The number of nitrogens with zero attached hydrogens (tertiary/aromatic N) is 1. The molecule has 1 aliphatic rings. The highest BCUT2D eigenvalue weighted by Crippen LogP contribution is 2.30. The average molecular weight is 372 g/mol. The molecule has 1 fully saturated rings. The smallest absolute Gasteiger partial charge is 0.227 e. The zero-order valence-corrected chi connectivity index (χ0v) is 15.2. The van der Waals surface area contributed by atoms with Crippen molar-refractivity contribution < 1.29 is 9.59 Å². The number of benzene rings is 1. The zero-order valence-electron chi connectivity index (χ0n) is 14.5. The van der Waals surface area contributed by atoms with E-state index in [2.05, 4.69) is 15.6 Å². The van der Waals surface area contributed by atoms with E-state index in [0.29, 0.717) is 30.1 Å². The fraction of sp³-hybridized carbons (Fsp3) is 0.350. The largest absolute Gasteiger partial charge is 0.352 e. The minimum atomic E-state index is -0.0753. The Labute approximate surface area is 158 Å². The standard InChI is InChI=1S/C20H22ClN3O2/c21-17-5-1-2-6-18(17)24-20(26)16-9-7-15(8-10-16)19(25)23-13-14-4-3-11-22-12-14/h1-6,11-12,15-16H,7-10,13H2,(H,23,25)(H,24,26). The molecule has 0 bridgehead atoms. The number of carbonyl (C=O) groups excluding carboxylic acids is 2. The Morgan fingerprint density at radius 2 is 1.69 bits per heavy atom. The summed E-state index contributed by atoms with van der Waals surface area (Å²) in [4.78, 5) is 28.8. The van der Waals surface area contributed by atoms with Crippen LogP contribution in [0.25, 0.3) is 0 Å². The van der Waals surface area contributed by atoms with Crippen molar-refractivity contribution in [1.82, 2.24) is 10.3 Å². The SMILES string of the molecule is O=C(NCc1cccnc1)C1CCC(C(=O)Nc2ccccc2Cl)CC1. The molecule has 1 saturated carbocycles. The number of hydrogen-bond donors (Lipinski definition) is 2. The topological polar surface area (TPSA) is 71.1 Å². The van der Waals surface area contributed by atoms with Crippen molar-refractivity contribution in [2.45, 2.75) is 32.2 Å². The van der Waals surface area contributed by atoms with Gasteiger partial charge in [-0.3, -0.25) is 14.6 Å². The summed E-state index contributed by atoms with van der Waals surface area (Å²) >= 11 is 6.09. The molecule has 136 valence electrons. The van der Waals surface area contributed by atoms with Gasteiger partial charge in [-0.25, -0.2) is 0 Å². The van der Waals surface area contributed by atoms with Crippen LogP contribution in [-0.2, 0) is 16.1 Å². The fourth-order valence-corrected chi connectivity index (χ4v) is 3.43. The van der Waals surface area contributed by atoms with Crippen LogP contribution in [-0.4, -0.2) is 16.8 Å². The lowest BCUT2D eigenvalue weighted by molar-refractivity contribution is -0.128. The van der Waals surface area contributed by atoms with Crippen molar-refractivity contribution in [3.05, 3.63) is 59.4 Å². The van der Waals surface area contributed by atoms with E-state index in [1.165, 1.54) is 0 Å². The number of halogens is 1. The lowest BCUT2D eigenvalue weighted by Crippen LogP contribution is -2.35. The molecule has 1 aromatic heterocycles. The molecule has 2 amide bonds. The lowest BCUT2D eigenvalue weighted by Gasteiger charge is -2.27. The molecule has 26 heavy (non-hydrogen) atoms. The van der Waals surface area contributed by atoms with Crippen LogP contribution in [0, 0.1) is 11.8 Å². The number of nitrogens with one attached hydrogen (secondary N) is 2. The molecule has 0 radical (unpaired) electrons. The van der Waals surface area contributed by atoms with E-state index in [0.717, 1.165) is 18.4 Å². The Kier molecular flexibility index (Phi) is 6.23. The number of anilines is 1. The lowest BCUT2D eigenvalue weighted by atomic mass is 9.81. The summed E-state index contributed by atoms with van der Waals surface area (Å²) in [5, 5.41) is 6.39. The Morgan fingerprint density at radius 1 is 1.00 bits per heavy atom. The first-order valence-electron chi connectivity index (χ1n) is 8.85. The number of aromatic nitrogens is 1. The second-order valence-corrected chi connectivity index (χ2v) is 7.00. The summed E-state index contributed by atoms with van der Waals surface area (Å²) in [5.41, 5.74) is 1.61. The van der Waals surface area contributed by atoms with E-state index in [1.54, 1.807) is 24.5 Å². The third kappa shape index (κ3) is 4.82. The monoisotopic (exact) mass is 371 g/mol. The summed E-state index contributed by atoms with van der Waals surface area (Å²) in [5.74, 6) is -0.0733. The molecule has 0 saturated heterocycles. The van der Waals surface area contributed by atoms with Gasteiger partial charge < -0.3 is 10.6 Å². The fourth-order valence-electron chi connectivity index (χ4n) is 3.25. The quantitative estimate of drug-likeness (QED) is 0.839. The van der Waals surface area contributed by atoms with Crippen molar-refractivity contribution >= 4 is 29.1 Å². The van der Waals surface area contributed by atoms with E-state index in [9.17, 15) is 9.59 Å². The van der Waals surface area contributed by atoms with Gasteiger partial charge >= 0.3 is 0 Å². The number of rotatable bonds is 5. The summed E-state index contributed by atoms with van der Waals surface area (Å²) < 4.78 is 0. The molecule has 2 aromatic rings. The first-order chi connectivity index (χ1) is 12.6. The molecular weight excluding hydrogens is 350 g/mol. The Balaban J connectivity index is 1.45. The molecule has 0 unspecified atom stereocenters. The highest BCUT2D eigenvalue weighted by atomic mass is 35.5. The zero-order chi connectivity index (χ0) is 18.4. The van der Waals surface area contributed by atoms with Crippen LogP contribution in [0.5, 0.6) is 0 Å². The van der Waals surface area contributed by atoms with Gasteiger partial charge in [0.1, 0.15) is 0 Å². The molecule has 0 aliphatic heterocycles. The molecule has 6 heteroatoms. The van der Waals surface area contributed by atoms with Gasteiger partial charge in [-0.1, -0.05) is 29.8 Å². The summed E-state index contributed by atoms with van der Waals surface area (Å²) in [6, 6.07) is 11.0. The number of amides is 2. The molecule has 1 aromatic carbocycles. The van der Waals surface area contributed by atoms with E-state index in [4.69, 9.17) is 11.6 Å². The third-order valence-electron chi connectivity index (χ3n) is 4.79. The van der Waals surface area contributed by atoms with Crippen LogP contribution < -0.4 is 10.6 Å². The third-order valence-corrected chi connectivity index (χ3v) is 5.12. The number of carbonyl (C=O) groups is 2. The van der Waals surface area contributed by atoms with Crippen molar-refractivity contribution in [1.29, 1.82) is 0 Å².